The van der Waals surface area contributed by atoms with E-state index in [2.05, 4.69) is 237 Å². The minimum absolute atomic E-state index is 0.0602. The van der Waals surface area contributed by atoms with Crippen molar-refractivity contribution in [2.24, 2.45) is 0 Å². The fraction of sp³-hybridized carbons (Fsp3) is 0.188. The van der Waals surface area contributed by atoms with Crippen molar-refractivity contribution in [1.29, 1.82) is 0 Å². The second-order valence-electron chi connectivity index (χ2n) is 21.2. The van der Waals surface area contributed by atoms with E-state index in [1.54, 1.807) is 0 Å². The molecule has 0 fully saturated rings. The Balaban J connectivity index is 1.18. The quantitative estimate of drug-likeness (QED) is 0.156. The molecule has 0 saturated heterocycles. The number of aryl methyl sites for hydroxylation is 4. The molecule has 12 aromatic rings. The molecule has 0 amide bonds. The van der Waals surface area contributed by atoms with Gasteiger partial charge in [-0.3, -0.25) is 0 Å². The average Bonchev–Trinajstić information content (AvgIpc) is 3.89. The van der Waals surface area contributed by atoms with Gasteiger partial charge in [0.15, 0.2) is 11.2 Å². The van der Waals surface area contributed by atoms with Crippen molar-refractivity contribution in [3.05, 3.63) is 191 Å². The summed E-state index contributed by atoms with van der Waals surface area (Å²) in [5.41, 5.74) is 17.3. The summed E-state index contributed by atoms with van der Waals surface area (Å²) in [5, 5.41) is 11.7. The summed E-state index contributed by atoms with van der Waals surface area (Å²) in [6.07, 6.45) is 0. The molecule has 334 valence electrons. The summed E-state index contributed by atoms with van der Waals surface area (Å²) < 4.78 is 13.8. The van der Waals surface area contributed by atoms with Gasteiger partial charge in [-0.1, -0.05) is 163 Å². The molecular formula is C64H56N2O2. The summed E-state index contributed by atoms with van der Waals surface area (Å²) in [6.45, 7) is 22.7. The maximum absolute atomic E-state index is 6.92. The van der Waals surface area contributed by atoms with Gasteiger partial charge in [0.2, 0.25) is 0 Å². The lowest BCUT2D eigenvalue weighted by atomic mass is 9.85. The van der Waals surface area contributed by atoms with Crippen LogP contribution in [0.25, 0.3) is 76.2 Å². The van der Waals surface area contributed by atoms with Gasteiger partial charge < -0.3 is 18.6 Å². The highest BCUT2D eigenvalue weighted by molar-refractivity contribution is 6.29. The van der Waals surface area contributed by atoms with E-state index in [0.29, 0.717) is 0 Å². The number of anilines is 6. The molecule has 0 unspecified atom stereocenters. The van der Waals surface area contributed by atoms with Crippen LogP contribution in [0.5, 0.6) is 0 Å². The van der Waals surface area contributed by atoms with E-state index in [4.69, 9.17) is 8.83 Å². The molecular weight excluding hydrogens is 829 g/mol. The second-order valence-corrected chi connectivity index (χ2v) is 21.2. The molecule has 4 nitrogen and oxygen atoms in total. The zero-order chi connectivity index (χ0) is 47.0. The molecule has 0 aliphatic rings. The average molecular weight is 885 g/mol. The molecule has 2 heterocycles. The minimum atomic E-state index is -0.0602. The first-order chi connectivity index (χ1) is 32.7. The smallest absolute Gasteiger partial charge is 0.159 e. The topological polar surface area (TPSA) is 32.8 Å². The van der Waals surface area contributed by atoms with Gasteiger partial charge in [-0.15, -0.1) is 0 Å². The predicted molar refractivity (Wildman–Crippen MR) is 290 cm³/mol. The van der Waals surface area contributed by atoms with Gasteiger partial charge in [0, 0.05) is 43.7 Å². The van der Waals surface area contributed by atoms with Gasteiger partial charge in [0.25, 0.3) is 0 Å². The number of benzene rings is 10. The lowest BCUT2D eigenvalue weighted by molar-refractivity contribution is 0.590. The molecule has 10 aromatic carbocycles. The third kappa shape index (κ3) is 6.34. The molecule has 0 N–H and O–H groups in total. The first-order valence-corrected chi connectivity index (χ1v) is 24.0. The van der Waals surface area contributed by atoms with Gasteiger partial charge in [0.05, 0.1) is 22.7 Å². The van der Waals surface area contributed by atoms with Crippen LogP contribution in [0, 0.1) is 27.7 Å². The Morgan fingerprint density at radius 2 is 0.706 bits per heavy atom. The van der Waals surface area contributed by atoms with Gasteiger partial charge >= 0.3 is 0 Å². The van der Waals surface area contributed by atoms with Crippen molar-refractivity contribution in [3.8, 4) is 0 Å². The zero-order valence-electron chi connectivity index (χ0n) is 40.7. The number of para-hydroxylation sites is 2. The van der Waals surface area contributed by atoms with E-state index in [1.165, 1.54) is 54.6 Å². The summed E-state index contributed by atoms with van der Waals surface area (Å²) >= 11 is 0. The number of hydrogen-bond donors (Lipinski definition) is 0. The lowest BCUT2D eigenvalue weighted by Crippen LogP contribution is -2.17. The van der Waals surface area contributed by atoms with Crippen LogP contribution in [0.1, 0.15) is 74.9 Å². The first kappa shape index (κ1) is 41.8. The Labute approximate surface area is 398 Å². The van der Waals surface area contributed by atoms with Crippen molar-refractivity contribution in [3.63, 3.8) is 0 Å². The Morgan fingerprint density at radius 1 is 0.338 bits per heavy atom. The largest absolute Gasteiger partial charge is 0.454 e. The summed E-state index contributed by atoms with van der Waals surface area (Å²) in [4.78, 5) is 4.99. The maximum atomic E-state index is 6.92. The number of fused-ring (bicyclic) bond motifs is 6. The van der Waals surface area contributed by atoms with Gasteiger partial charge in [-0.05, 0) is 130 Å². The molecule has 0 bridgehead atoms. The fourth-order valence-corrected chi connectivity index (χ4v) is 10.8. The van der Waals surface area contributed by atoms with Crippen molar-refractivity contribution >= 4 is 110 Å². The van der Waals surface area contributed by atoms with Crippen molar-refractivity contribution < 1.29 is 8.83 Å². The standard InChI is InChI=1S/C64H56N2O2/c1-37-19-27-43(63(5,6)7)35-53(37)65(59-39(3)21-29-47-45-15-11-13-17-55(45)67-61(47)59)51-33-25-41-24-32-50-52(34-26-42-23-31-49(51)57(41)58(42)50)66(54-36-44(64(8,9)10)28-20-38(54)2)60-40(4)22-30-48-46-16-12-14-18-56(46)68-62(48)60/h11-36H,1-10H3. The van der Waals surface area contributed by atoms with E-state index >= 15 is 0 Å². The lowest BCUT2D eigenvalue weighted by Gasteiger charge is -2.33. The fourth-order valence-electron chi connectivity index (χ4n) is 10.8. The summed E-state index contributed by atoms with van der Waals surface area (Å²) in [6, 6.07) is 58.4. The Hall–Kier alpha value is -7.56. The van der Waals surface area contributed by atoms with Crippen molar-refractivity contribution in [1.82, 2.24) is 0 Å². The number of hydrogen-bond acceptors (Lipinski definition) is 4. The highest BCUT2D eigenvalue weighted by atomic mass is 16.3. The molecule has 2 aromatic heterocycles. The van der Waals surface area contributed by atoms with Crippen LogP contribution in [0.3, 0.4) is 0 Å². The third-order valence-corrected chi connectivity index (χ3v) is 14.6. The van der Waals surface area contributed by atoms with Crippen LogP contribution in [0.2, 0.25) is 0 Å². The van der Waals surface area contributed by atoms with Crippen LogP contribution in [-0.4, -0.2) is 0 Å². The normalized spacial score (nSPS) is 12.6. The number of furan rings is 2. The third-order valence-electron chi connectivity index (χ3n) is 14.6. The van der Waals surface area contributed by atoms with Gasteiger partial charge in [0.1, 0.15) is 11.2 Å². The van der Waals surface area contributed by atoms with Gasteiger partial charge in [-0.25, -0.2) is 0 Å². The van der Waals surface area contributed by atoms with Crippen LogP contribution in [0.4, 0.5) is 34.1 Å². The van der Waals surface area contributed by atoms with Gasteiger partial charge in [-0.2, -0.15) is 0 Å². The Bertz CT molecular complexity index is 3740. The van der Waals surface area contributed by atoms with Crippen LogP contribution in [-0.2, 0) is 10.8 Å². The zero-order valence-corrected chi connectivity index (χ0v) is 40.7. The summed E-state index contributed by atoms with van der Waals surface area (Å²) in [7, 11) is 0. The first-order valence-electron chi connectivity index (χ1n) is 24.0. The highest BCUT2D eigenvalue weighted by Crippen LogP contribution is 2.53. The molecule has 68 heavy (non-hydrogen) atoms. The summed E-state index contributed by atoms with van der Waals surface area (Å²) in [5.74, 6) is 0. The van der Waals surface area contributed by atoms with E-state index < -0.39 is 0 Å². The van der Waals surface area contributed by atoms with E-state index in [0.717, 1.165) is 89.1 Å². The molecule has 0 aliphatic heterocycles. The maximum Gasteiger partial charge on any atom is 0.159 e. The monoisotopic (exact) mass is 884 g/mol. The van der Waals surface area contributed by atoms with E-state index in [-0.39, 0.29) is 10.8 Å². The van der Waals surface area contributed by atoms with Crippen LogP contribution < -0.4 is 9.80 Å². The molecule has 4 heteroatoms. The van der Waals surface area contributed by atoms with Crippen LogP contribution in [0.15, 0.2) is 167 Å². The van der Waals surface area contributed by atoms with Crippen molar-refractivity contribution in [2.45, 2.75) is 80.1 Å². The second kappa shape index (κ2) is 15.0. The molecule has 0 saturated carbocycles. The Morgan fingerprint density at radius 3 is 1.12 bits per heavy atom. The number of nitrogens with zero attached hydrogens (tertiary/aromatic N) is 2. The van der Waals surface area contributed by atoms with E-state index in [9.17, 15) is 0 Å². The Kier molecular flexibility index (Phi) is 9.21. The van der Waals surface area contributed by atoms with Crippen molar-refractivity contribution in [2.75, 3.05) is 9.80 Å². The SMILES string of the molecule is Cc1ccc(C(C)(C)C)cc1N(c1ccc2ccc3c(N(c4cc(C(C)(C)C)ccc4C)c4c(C)ccc5c4oc4ccccc45)ccc4ccc1c2c43)c1c(C)ccc2c1oc1ccccc12. The predicted octanol–water partition coefficient (Wildman–Crippen LogP) is 19.2. The number of rotatable bonds is 6. The van der Waals surface area contributed by atoms with E-state index in [1.807, 2.05) is 0 Å². The molecule has 0 aliphatic carbocycles. The minimum Gasteiger partial charge on any atom is -0.454 e. The highest BCUT2D eigenvalue weighted by Gasteiger charge is 2.30. The molecule has 0 spiro atoms. The molecule has 0 atom stereocenters. The molecule has 12 rings (SSSR count). The molecule has 0 radical (unpaired) electrons. The van der Waals surface area contributed by atoms with Crippen LogP contribution >= 0.6 is 0 Å².